The van der Waals surface area contributed by atoms with Crippen LogP contribution in [0.4, 0.5) is 0 Å². The van der Waals surface area contributed by atoms with Crippen molar-refractivity contribution < 1.29 is 0 Å². The Morgan fingerprint density at radius 2 is 2.00 bits per heavy atom. The van der Waals surface area contributed by atoms with Gasteiger partial charge in [0.2, 0.25) is 0 Å². The number of hydrogen-bond donors (Lipinski definition) is 1. The van der Waals surface area contributed by atoms with Crippen LogP contribution in [0, 0.1) is 5.92 Å². The highest BCUT2D eigenvalue weighted by molar-refractivity contribution is 6.21. The average molecular weight is 254 g/mol. The van der Waals surface area contributed by atoms with Crippen molar-refractivity contribution in [3.63, 3.8) is 0 Å². The van der Waals surface area contributed by atoms with E-state index in [9.17, 15) is 0 Å². The molecule has 2 unspecified atom stereocenters. The first-order chi connectivity index (χ1) is 8.15. The zero-order valence-electron chi connectivity index (χ0n) is 10.8. The zero-order chi connectivity index (χ0) is 13.1. The smallest absolute Gasteiger partial charge is 0.0550 e. The van der Waals surface area contributed by atoms with Gasteiger partial charge in [0.1, 0.15) is 0 Å². The minimum absolute atomic E-state index is 0.0269. The largest absolute Gasteiger partial charge is 0.319 e. The highest BCUT2D eigenvalue weighted by atomic mass is 35.5. The molecule has 0 aromatic carbocycles. The molecule has 0 aromatic rings. The normalized spacial score (nSPS) is 14.5. The van der Waals surface area contributed by atoms with E-state index in [4.69, 9.17) is 11.6 Å². The van der Waals surface area contributed by atoms with E-state index in [1.807, 2.05) is 25.3 Å². The second-order valence-electron chi connectivity index (χ2n) is 4.08. The maximum atomic E-state index is 6.11. The molecule has 0 radical (unpaired) electrons. The van der Waals surface area contributed by atoms with Crippen molar-refractivity contribution >= 4 is 11.6 Å². The van der Waals surface area contributed by atoms with Crippen LogP contribution in [-0.2, 0) is 0 Å². The molecule has 96 valence electrons. The molecule has 17 heavy (non-hydrogen) atoms. The summed E-state index contributed by atoms with van der Waals surface area (Å²) >= 11 is 6.11. The first-order valence-corrected chi connectivity index (χ1v) is 6.45. The van der Waals surface area contributed by atoms with Gasteiger partial charge in [-0.2, -0.15) is 0 Å². The van der Waals surface area contributed by atoms with E-state index in [-0.39, 0.29) is 5.38 Å². The van der Waals surface area contributed by atoms with Gasteiger partial charge >= 0.3 is 0 Å². The number of allylic oxidation sites excluding steroid dienone is 3. The molecule has 0 saturated carbocycles. The first kappa shape index (κ1) is 16.2. The number of alkyl halides is 1. The Morgan fingerprint density at radius 3 is 2.53 bits per heavy atom. The zero-order valence-corrected chi connectivity index (χ0v) is 11.5. The van der Waals surface area contributed by atoms with Crippen LogP contribution in [0.1, 0.15) is 19.3 Å². The van der Waals surface area contributed by atoms with Gasteiger partial charge in [-0.1, -0.05) is 36.5 Å². The summed E-state index contributed by atoms with van der Waals surface area (Å²) in [7, 11) is 1.95. The number of halogens is 1. The molecule has 0 fully saturated rings. The maximum Gasteiger partial charge on any atom is 0.0550 e. The molecular weight excluding hydrogens is 230 g/mol. The van der Waals surface area contributed by atoms with Gasteiger partial charge in [0.05, 0.1) is 5.38 Å². The molecule has 0 bridgehead atoms. The lowest BCUT2D eigenvalue weighted by molar-refractivity contribution is 0.647. The fraction of sp³-hybridized carbons (Fsp3) is 0.467. The predicted molar refractivity (Wildman–Crippen MR) is 79.6 cm³/mol. The van der Waals surface area contributed by atoms with E-state index in [2.05, 4.69) is 31.1 Å². The van der Waals surface area contributed by atoms with E-state index in [0.29, 0.717) is 5.92 Å². The highest BCUT2D eigenvalue weighted by Crippen LogP contribution is 2.17. The molecule has 2 atom stereocenters. The maximum absolute atomic E-state index is 6.11. The third-order valence-corrected chi connectivity index (χ3v) is 2.89. The second-order valence-corrected chi connectivity index (χ2v) is 4.64. The van der Waals surface area contributed by atoms with Crippen LogP contribution < -0.4 is 5.32 Å². The Hall–Kier alpha value is -0.790. The van der Waals surface area contributed by atoms with Gasteiger partial charge in [0.25, 0.3) is 0 Å². The number of hydrogen-bond acceptors (Lipinski definition) is 1. The summed E-state index contributed by atoms with van der Waals surface area (Å²) in [6.45, 7) is 12.4. The van der Waals surface area contributed by atoms with Gasteiger partial charge in [-0.15, -0.1) is 24.8 Å². The van der Waals surface area contributed by atoms with Crippen LogP contribution in [0.15, 0.2) is 49.6 Å². The highest BCUT2D eigenvalue weighted by Gasteiger charge is 2.08. The summed E-state index contributed by atoms with van der Waals surface area (Å²) < 4.78 is 0. The van der Waals surface area contributed by atoms with Crippen LogP contribution in [-0.4, -0.2) is 19.0 Å². The lowest BCUT2D eigenvalue weighted by Crippen LogP contribution is -2.19. The minimum Gasteiger partial charge on any atom is -0.319 e. The first-order valence-electron chi connectivity index (χ1n) is 6.02. The third kappa shape index (κ3) is 8.00. The molecular formula is C15H24ClN. The fourth-order valence-electron chi connectivity index (χ4n) is 1.53. The van der Waals surface area contributed by atoms with Gasteiger partial charge in [-0.05, 0) is 26.3 Å². The topological polar surface area (TPSA) is 12.0 Å². The van der Waals surface area contributed by atoms with Crippen LogP contribution in [0.3, 0.4) is 0 Å². The molecule has 0 heterocycles. The summed E-state index contributed by atoms with van der Waals surface area (Å²) in [5, 5.41) is 3.21. The Labute approximate surface area is 111 Å². The van der Waals surface area contributed by atoms with Crippen LogP contribution in [0.5, 0.6) is 0 Å². The molecule has 0 saturated heterocycles. The van der Waals surface area contributed by atoms with Crippen molar-refractivity contribution in [2.75, 3.05) is 13.6 Å². The quantitative estimate of drug-likeness (QED) is 0.457. The van der Waals surface area contributed by atoms with Crippen molar-refractivity contribution in [3.8, 4) is 0 Å². The van der Waals surface area contributed by atoms with E-state index in [1.165, 1.54) is 5.57 Å². The Kier molecular flexibility index (Phi) is 9.89. The standard InChI is InChI=1S/C15H24ClN/c1-5-7-9-13(3)14(12-17-4)10-11-15(16)8-6-2/h5-6,10-11,14-15,17H,1-3,7-9,12H2,4H3. The van der Waals surface area contributed by atoms with Crippen molar-refractivity contribution in [3.05, 3.63) is 49.6 Å². The van der Waals surface area contributed by atoms with Crippen LogP contribution in [0.2, 0.25) is 0 Å². The monoisotopic (exact) mass is 253 g/mol. The van der Waals surface area contributed by atoms with Gasteiger partial charge in [-0.3, -0.25) is 0 Å². The van der Waals surface area contributed by atoms with Crippen LogP contribution in [0.25, 0.3) is 0 Å². The van der Waals surface area contributed by atoms with Gasteiger partial charge in [0.15, 0.2) is 0 Å². The lowest BCUT2D eigenvalue weighted by Gasteiger charge is -2.15. The van der Waals surface area contributed by atoms with E-state index in [0.717, 1.165) is 25.8 Å². The summed E-state index contributed by atoms with van der Waals surface area (Å²) in [6, 6.07) is 0. The molecule has 2 heteroatoms. The number of rotatable bonds is 10. The molecule has 1 nitrogen and oxygen atoms in total. The molecule has 0 aliphatic rings. The molecule has 0 rings (SSSR count). The SMILES string of the molecule is C=CCCC(=C)C(C=CC(Cl)CC=C)CNC. The molecule has 1 N–H and O–H groups in total. The van der Waals surface area contributed by atoms with Crippen molar-refractivity contribution in [1.82, 2.24) is 5.32 Å². The molecule has 0 aliphatic carbocycles. The summed E-state index contributed by atoms with van der Waals surface area (Å²) in [6.07, 6.45) is 10.7. The van der Waals surface area contributed by atoms with Crippen molar-refractivity contribution in [2.24, 2.45) is 5.92 Å². The van der Waals surface area contributed by atoms with E-state index < -0.39 is 0 Å². The van der Waals surface area contributed by atoms with Crippen LogP contribution >= 0.6 is 11.6 Å². The third-order valence-electron chi connectivity index (χ3n) is 2.56. The predicted octanol–water partition coefficient (Wildman–Crippen LogP) is 4.08. The lowest BCUT2D eigenvalue weighted by atomic mass is 9.95. The summed E-state index contributed by atoms with van der Waals surface area (Å²) in [5.74, 6) is 0.339. The van der Waals surface area contributed by atoms with E-state index in [1.54, 1.807) is 0 Å². The van der Waals surface area contributed by atoms with Crippen molar-refractivity contribution in [1.29, 1.82) is 0 Å². The molecule has 0 aliphatic heterocycles. The van der Waals surface area contributed by atoms with E-state index >= 15 is 0 Å². The minimum atomic E-state index is 0.0269. The number of nitrogens with one attached hydrogen (secondary N) is 1. The molecule has 0 amide bonds. The Bertz CT molecular complexity index is 268. The van der Waals surface area contributed by atoms with Gasteiger partial charge in [0, 0.05) is 12.5 Å². The van der Waals surface area contributed by atoms with Gasteiger partial charge < -0.3 is 5.32 Å². The Balaban J connectivity index is 4.34. The fourth-order valence-corrected chi connectivity index (χ4v) is 1.74. The summed E-state index contributed by atoms with van der Waals surface area (Å²) in [4.78, 5) is 0. The van der Waals surface area contributed by atoms with Gasteiger partial charge in [-0.25, -0.2) is 0 Å². The Morgan fingerprint density at radius 1 is 1.29 bits per heavy atom. The second kappa shape index (κ2) is 10.4. The molecule has 0 aromatic heterocycles. The average Bonchev–Trinajstić information content (AvgIpc) is 2.31. The van der Waals surface area contributed by atoms with Crippen molar-refractivity contribution in [2.45, 2.75) is 24.6 Å². The molecule has 0 spiro atoms. The summed E-state index contributed by atoms with van der Waals surface area (Å²) in [5.41, 5.74) is 1.22.